The molecule has 7 heteroatoms. The monoisotopic (exact) mass is 380 g/mol. The molecule has 0 aliphatic rings. The molecule has 0 fully saturated rings. The second-order valence-electron chi connectivity index (χ2n) is 5.21. The molecule has 1 aromatic heterocycles. The summed E-state index contributed by atoms with van der Waals surface area (Å²) in [5, 5.41) is 1.49. The fourth-order valence-corrected chi connectivity index (χ4v) is 4.02. The van der Waals surface area contributed by atoms with Crippen LogP contribution < -0.4 is 4.74 Å². The quantitative estimate of drug-likeness (QED) is 0.647. The van der Waals surface area contributed by atoms with Crippen LogP contribution >= 0.6 is 34.5 Å². The van der Waals surface area contributed by atoms with E-state index >= 15 is 0 Å². The van der Waals surface area contributed by atoms with Gasteiger partial charge in [-0.25, -0.2) is 4.98 Å². The number of hydrogen-bond acceptors (Lipinski definition) is 4. The predicted molar refractivity (Wildman–Crippen MR) is 98.4 cm³/mol. The minimum Gasteiger partial charge on any atom is -0.494 e. The summed E-state index contributed by atoms with van der Waals surface area (Å²) < 4.78 is 6.20. The van der Waals surface area contributed by atoms with Crippen LogP contribution in [0.3, 0.4) is 0 Å². The summed E-state index contributed by atoms with van der Waals surface area (Å²) in [6.07, 6.45) is 0. The zero-order chi connectivity index (χ0) is 17.3. The standard InChI is InChI=1S/C17H14Cl2N2O2S/c1-21(9-15-20-13-5-3-4-6-14(13)24-15)17(22)10-7-11(18)16(23-2)12(19)8-10/h3-8H,9H2,1-2H3. The molecule has 3 aromatic rings. The van der Waals surface area contributed by atoms with Crippen molar-refractivity contribution in [3.63, 3.8) is 0 Å². The highest BCUT2D eigenvalue weighted by molar-refractivity contribution is 7.18. The average molecular weight is 381 g/mol. The number of methoxy groups -OCH3 is 1. The summed E-state index contributed by atoms with van der Waals surface area (Å²) in [6.45, 7) is 0.416. The molecule has 0 unspecified atom stereocenters. The van der Waals surface area contributed by atoms with Crippen molar-refractivity contribution in [2.24, 2.45) is 0 Å². The molecule has 2 aromatic carbocycles. The molecule has 1 heterocycles. The van der Waals surface area contributed by atoms with Crippen LogP contribution in [0, 0.1) is 0 Å². The number of carbonyl (C=O) groups excluding carboxylic acids is 1. The zero-order valence-electron chi connectivity index (χ0n) is 13.0. The first-order chi connectivity index (χ1) is 11.5. The van der Waals surface area contributed by atoms with Crippen molar-refractivity contribution in [3.05, 3.63) is 57.0 Å². The number of benzene rings is 2. The van der Waals surface area contributed by atoms with E-state index < -0.39 is 0 Å². The Morgan fingerprint density at radius 2 is 1.92 bits per heavy atom. The molecule has 3 rings (SSSR count). The Bertz CT molecular complexity index is 854. The summed E-state index contributed by atoms with van der Waals surface area (Å²) in [7, 11) is 3.20. The van der Waals surface area contributed by atoms with Crippen molar-refractivity contribution in [1.82, 2.24) is 9.88 Å². The minimum atomic E-state index is -0.180. The van der Waals surface area contributed by atoms with E-state index in [1.54, 1.807) is 35.4 Å². The van der Waals surface area contributed by atoms with Gasteiger partial charge in [-0.3, -0.25) is 4.79 Å². The first-order valence-electron chi connectivity index (χ1n) is 7.12. The molecule has 24 heavy (non-hydrogen) atoms. The third-order valence-electron chi connectivity index (χ3n) is 3.51. The van der Waals surface area contributed by atoms with E-state index in [9.17, 15) is 4.79 Å². The predicted octanol–water partition coefficient (Wildman–Crippen LogP) is 4.88. The SMILES string of the molecule is COc1c(Cl)cc(C(=O)N(C)Cc2nc3ccccc3s2)cc1Cl. The molecule has 124 valence electrons. The van der Waals surface area contributed by atoms with Gasteiger partial charge in [0.1, 0.15) is 5.01 Å². The summed E-state index contributed by atoms with van der Waals surface area (Å²) >= 11 is 13.8. The van der Waals surface area contributed by atoms with Crippen LogP contribution in [0.15, 0.2) is 36.4 Å². The van der Waals surface area contributed by atoms with Gasteiger partial charge in [-0.05, 0) is 24.3 Å². The Balaban J connectivity index is 1.81. The topological polar surface area (TPSA) is 42.4 Å². The van der Waals surface area contributed by atoms with Crippen LogP contribution in [0.5, 0.6) is 5.75 Å². The molecule has 0 saturated heterocycles. The Kier molecular flexibility index (Phi) is 4.94. The van der Waals surface area contributed by atoms with Crippen molar-refractivity contribution in [2.75, 3.05) is 14.2 Å². The number of thiazole rings is 1. The Morgan fingerprint density at radius 3 is 2.54 bits per heavy atom. The van der Waals surface area contributed by atoms with Gasteiger partial charge in [0.05, 0.1) is 33.9 Å². The van der Waals surface area contributed by atoms with Gasteiger partial charge in [0.2, 0.25) is 0 Å². The maximum Gasteiger partial charge on any atom is 0.254 e. The third kappa shape index (κ3) is 3.34. The van der Waals surface area contributed by atoms with E-state index in [1.165, 1.54) is 7.11 Å². The van der Waals surface area contributed by atoms with Gasteiger partial charge in [0.25, 0.3) is 5.91 Å². The van der Waals surface area contributed by atoms with Crippen LogP contribution in [-0.2, 0) is 6.54 Å². The highest BCUT2D eigenvalue weighted by Gasteiger charge is 2.18. The van der Waals surface area contributed by atoms with E-state index in [0.717, 1.165) is 15.2 Å². The van der Waals surface area contributed by atoms with E-state index in [-0.39, 0.29) is 5.91 Å². The van der Waals surface area contributed by atoms with Gasteiger partial charge in [-0.1, -0.05) is 35.3 Å². The van der Waals surface area contributed by atoms with Crippen molar-refractivity contribution in [3.8, 4) is 5.75 Å². The molecule has 0 aliphatic carbocycles. The Morgan fingerprint density at radius 1 is 1.25 bits per heavy atom. The molecule has 0 atom stereocenters. The highest BCUT2D eigenvalue weighted by atomic mass is 35.5. The highest BCUT2D eigenvalue weighted by Crippen LogP contribution is 2.34. The van der Waals surface area contributed by atoms with E-state index in [4.69, 9.17) is 27.9 Å². The van der Waals surface area contributed by atoms with Gasteiger partial charge in [-0.15, -0.1) is 11.3 Å². The summed E-state index contributed by atoms with van der Waals surface area (Å²) in [6, 6.07) is 11.0. The molecular formula is C17H14Cl2N2O2S. The fourth-order valence-electron chi connectivity index (χ4n) is 2.36. The molecule has 0 saturated carbocycles. The molecule has 0 spiro atoms. The summed E-state index contributed by atoms with van der Waals surface area (Å²) in [5.74, 6) is 0.185. The van der Waals surface area contributed by atoms with Crippen molar-refractivity contribution in [2.45, 2.75) is 6.54 Å². The van der Waals surface area contributed by atoms with Gasteiger partial charge in [0.15, 0.2) is 5.75 Å². The van der Waals surface area contributed by atoms with Crippen LogP contribution in [0.4, 0.5) is 0 Å². The zero-order valence-corrected chi connectivity index (χ0v) is 15.4. The lowest BCUT2D eigenvalue weighted by atomic mass is 10.2. The van der Waals surface area contributed by atoms with Crippen LogP contribution in [0.1, 0.15) is 15.4 Å². The lowest BCUT2D eigenvalue weighted by Gasteiger charge is -2.16. The second kappa shape index (κ2) is 6.97. The van der Waals surface area contributed by atoms with Gasteiger partial charge in [-0.2, -0.15) is 0 Å². The number of carbonyl (C=O) groups is 1. The molecule has 0 N–H and O–H groups in total. The third-order valence-corrected chi connectivity index (χ3v) is 5.09. The smallest absolute Gasteiger partial charge is 0.254 e. The normalized spacial score (nSPS) is 10.8. The van der Waals surface area contributed by atoms with Crippen molar-refractivity contribution in [1.29, 1.82) is 0 Å². The fraction of sp³-hybridized carbons (Fsp3) is 0.176. The van der Waals surface area contributed by atoms with Gasteiger partial charge in [0, 0.05) is 12.6 Å². The summed E-state index contributed by atoms with van der Waals surface area (Å²) in [4.78, 5) is 18.7. The molecular weight excluding hydrogens is 367 g/mol. The number of rotatable bonds is 4. The van der Waals surface area contributed by atoms with Crippen LogP contribution in [-0.4, -0.2) is 29.9 Å². The summed E-state index contributed by atoms with van der Waals surface area (Å²) in [5.41, 5.74) is 1.35. The number of nitrogens with zero attached hydrogens (tertiary/aromatic N) is 2. The molecule has 4 nitrogen and oxygen atoms in total. The van der Waals surface area contributed by atoms with Gasteiger partial charge >= 0.3 is 0 Å². The molecule has 0 radical (unpaired) electrons. The van der Waals surface area contributed by atoms with Crippen LogP contribution in [0.25, 0.3) is 10.2 Å². The lowest BCUT2D eigenvalue weighted by molar-refractivity contribution is 0.0785. The number of ether oxygens (including phenoxy) is 1. The number of aromatic nitrogens is 1. The van der Waals surface area contributed by atoms with E-state index in [1.807, 2.05) is 24.3 Å². The molecule has 0 aliphatic heterocycles. The number of para-hydroxylation sites is 1. The number of fused-ring (bicyclic) bond motifs is 1. The second-order valence-corrected chi connectivity index (χ2v) is 7.14. The first kappa shape index (κ1) is 17.0. The minimum absolute atomic E-state index is 0.180. The molecule has 1 amide bonds. The van der Waals surface area contributed by atoms with E-state index in [2.05, 4.69) is 4.98 Å². The number of halogens is 2. The van der Waals surface area contributed by atoms with E-state index in [0.29, 0.717) is 27.9 Å². The van der Waals surface area contributed by atoms with Crippen LogP contribution in [0.2, 0.25) is 10.0 Å². The Hall–Kier alpha value is -1.82. The Labute approximate surface area is 153 Å². The average Bonchev–Trinajstić information content (AvgIpc) is 2.95. The first-order valence-corrected chi connectivity index (χ1v) is 8.70. The maximum absolute atomic E-state index is 12.6. The maximum atomic E-state index is 12.6. The number of hydrogen-bond donors (Lipinski definition) is 0. The lowest BCUT2D eigenvalue weighted by Crippen LogP contribution is -2.26. The number of amides is 1. The molecule has 0 bridgehead atoms. The largest absolute Gasteiger partial charge is 0.494 e. The van der Waals surface area contributed by atoms with Crippen molar-refractivity contribution >= 4 is 50.7 Å². The van der Waals surface area contributed by atoms with Gasteiger partial charge < -0.3 is 9.64 Å². The van der Waals surface area contributed by atoms with Crippen molar-refractivity contribution < 1.29 is 9.53 Å².